The van der Waals surface area contributed by atoms with Crippen LogP contribution >= 0.6 is 0 Å². The summed E-state index contributed by atoms with van der Waals surface area (Å²) in [6.45, 7) is 0. The van der Waals surface area contributed by atoms with Gasteiger partial charge in [0.05, 0.1) is 23.9 Å². The largest absolute Gasteiger partial charge is 0.496 e. The molecule has 0 spiro atoms. The Morgan fingerprint density at radius 1 is 0.913 bits per heavy atom. The van der Waals surface area contributed by atoms with Crippen molar-refractivity contribution in [1.29, 1.82) is 0 Å². The molecule has 4 nitrogen and oxygen atoms in total. The van der Waals surface area contributed by atoms with Crippen LogP contribution in [-0.2, 0) is 0 Å². The van der Waals surface area contributed by atoms with Crippen LogP contribution in [0.25, 0.3) is 28.3 Å². The highest BCUT2D eigenvalue weighted by molar-refractivity contribution is 5.80. The monoisotopic (exact) mass is 301 g/mol. The second kappa shape index (κ2) is 5.57. The van der Waals surface area contributed by atoms with Gasteiger partial charge in [-0.1, -0.05) is 24.3 Å². The van der Waals surface area contributed by atoms with E-state index < -0.39 is 0 Å². The molecule has 0 radical (unpaired) electrons. The zero-order valence-corrected chi connectivity index (χ0v) is 12.7. The van der Waals surface area contributed by atoms with Crippen molar-refractivity contribution < 1.29 is 4.74 Å². The minimum atomic E-state index is 0.802. The first-order chi connectivity index (χ1) is 11.4. The number of para-hydroxylation sites is 1. The van der Waals surface area contributed by atoms with Crippen LogP contribution in [0.4, 0.5) is 0 Å². The molecule has 0 bridgehead atoms. The molecule has 4 rings (SSSR count). The number of nitrogens with zero attached hydrogens (tertiary/aromatic N) is 3. The lowest BCUT2D eigenvalue weighted by Crippen LogP contribution is -1.92. The molecular weight excluding hydrogens is 286 g/mol. The van der Waals surface area contributed by atoms with Crippen LogP contribution < -0.4 is 4.74 Å². The van der Waals surface area contributed by atoms with Gasteiger partial charge in [0.2, 0.25) is 0 Å². The predicted octanol–water partition coefficient (Wildman–Crippen LogP) is 4.07. The van der Waals surface area contributed by atoms with Gasteiger partial charge in [-0.05, 0) is 36.4 Å². The zero-order valence-electron chi connectivity index (χ0n) is 12.7. The average Bonchev–Trinajstić information content (AvgIpc) is 3.02. The number of ether oxygens (including phenoxy) is 1. The summed E-state index contributed by atoms with van der Waals surface area (Å²) in [5.41, 5.74) is 3.70. The molecule has 0 aliphatic rings. The fourth-order valence-corrected chi connectivity index (χ4v) is 2.75. The van der Waals surface area contributed by atoms with Crippen molar-refractivity contribution in [2.24, 2.45) is 0 Å². The molecule has 0 atom stereocenters. The maximum atomic E-state index is 5.49. The first kappa shape index (κ1) is 13.5. The zero-order chi connectivity index (χ0) is 15.6. The van der Waals surface area contributed by atoms with Gasteiger partial charge in [-0.3, -0.25) is 9.38 Å². The van der Waals surface area contributed by atoms with E-state index in [9.17, 15) is 0 Å². The number of methoxy groups -OCH3 is 1. The second-order valence-electron chi connectivity index (χ2n) is 5.16. The molecule has 0 saturated carbocycles. The molecule has 0 aliphatic heterocycles. The molecule has 23 heavy (non-hydrogen) atoms. The summed E-state index contributed by atoms with van der Waals surface area (Å²) in [7, 11) is 1.67. The average molecular weight is 301 g/mol. The van der Waals surface area contributed by atoms with E-state index in [0.717, 1.165) is 34.0 Å². The van der Waals surface area contributed by atoms with E-state index >= 15 is 0 Å². The van der Waals surface area contributed by atoms with Crippen LogP contribution in [0, 0.1) is 0 Å². The molecule has 1 aromatic carbocycles. The molecule has 112 valence electrons. The lowest BCUT2D eigenvalue weighted by atomic mass is 10.2. The molecule has 4 heteroatoms. The Labute approximate surface area is 134 Å². The Morgan fingerprint density at radius 3 is 2.57 bits per heavy atom. The number of fused-ring (bicyclic) bond motifs is 1. The molecule has 3 aromatic heterocycles. The minimum Gasteiger partial charge on any atom is -0.496 e. The van der Waals surface area contributed by atoms with Crippen molar-refractivity contribution in [1.82, 2.24) is 14.4 Å². The highest BCUT2D eigenvalue weighted by Crippen LogP contribution is 2.33. The van der Waals surface area contributed by atoms with Crippen molar-refractivity contribution in [2.75, 3.05) is 7.11 Å². The third-order valence-electron chi connectivity index (χ3n) is 3.80. The van der Waals surface area contributed by atoms with Gasteiger partial charge in [-0.2, -0.15) is 0 Å². The van der Waals surface area contributed by atoms with Crippen LogP contribution in [0.1, 0.15) is 0 Å². The van der Waals surface area contributed by atoms with E-state index in [1.807, 2.05) is 60.8 Å². The number of rotatable bonds is 3. The lowest BCUT2D eigenvalue weighted by Gasteiger charge is -2.06. The Hall–Kier alpha value is -3.14. The molecule has 4 aromatic rings. The minimum absolute atomic E-state index is 0.802. The fraction of sp³-hybridized carbons (Fsp3) is 0.0526. The van der Waals surface area contributed by atoms with Crippen LogP contribution in [0.2, 0.25) is 0 Å². The summed E-state index contributed by atoms with van der Waals surface area (Å²) in [6.07, 6.45) is 3.79. The SMILES string of the molecule is COc1ccccc1-c1nc(-c2ccccn2)c2ccccn12. The van der Waals surface area contributed by atoms with Crippen molar-refractivity contribution in [3.63, 3.8) is 0 Å². The third kappa shape index (κ3) is 2.25. The molecule has 0 amide bonds. The molecule has 0 N–H and O–H groups in total. The van der Waals surface area contributed by atoms with E-state index in [4.69, 9.17) is 9.72 Å². The molecule has 0 aliphatic carbocycles. The predicted molar refractivity (Wildman–Crippen MR) is 90.4 cm³/mol. The summed E-state index contributed by atoms with van der Waals surface area (Å²) < 4.78 is 7.57. The van der Waals surface area contributed by atoms with Crippen LogP contribution in [0.15, 0.2) is 73.1 Å². The van der Waals surface area contributed by atoms with Crippen LogP contribution in [-0.4, -0.2) is 21.5 Å². The quantitative estimate of drug-likeness (QED) is 0.572. The molecule has 3 heterocycles. The Morgan fingerprint density at radius 2 is 1.74 bits per heavy atom. The van der Waals surface area contributed by atoms with Crippen molar-refractivity contribution in [3.8, 4) is 28.5 Å². The maximum absolute atomic E-state index is 5.49. The Balaban J connectivity index is 2.02. The van der Waals surface area contributed by atoms with E-state index in [0.29, 0.717) is 0 Å². The number of imidazole rings is 1. The fourth-order valence-electron chi connectivity index (χ4n) is 2.75. The van der Waals surface area contributed by atoms with Gasteiger partial charge in [0, 0.05) is 12.4 Å². The Kier molecular flexibility index (Phi) is 3.27. The van der Waals surface area contributed by atoms with Crippen LogP contribution in [0.5, 0.6) is 5.75 Å². The van der Waals surface area contributed by atoms with Gasteiger partial charge >= 0.3 is 0 Å². The third-order valence-corrected chi connectivity index (χ3v) is 3.80. The standard InChI is InChI=1S/C19H15N3O/c1-23-17-11-3-2-8-14(17)19-21-18(15-9-4-6-12-20-15)16-10-5-7-13-22(16)19/h2-13H,1H3. The molecule has 0 unspecified atom stereocenters. The number of benzene rings is 1. The van der Waals surface area contributed by atoms with Crippen molar-refractivity contribution in [2.45, 2.75) is 0 Å². The van der Waals surface area contributed by atoms with E-state index in [1.165, 1.54) is 0 Å². The number of aromatic nitrogens is 3. The highest BCUT2D eigenvalue weighted by Gasteiger charge is 2.16. The summed E-state index contributed by atoms with van der Waals surface area (Å²) in [5, 5.41) is 0. The molecular formula is C19H15N3O. The highest BCUT2D eigenvalue weighted by atomic mass is 16.5. The summed E-state index contributed by atoms with van der Waals surface area (Å²) in [4.78, 5) is 9.30. The van der Waals surface area contributed by atoms with Gasteiger partial charge in [0.25, 0.3) is 0 Å². The van der Waals surface area contributed by atoms with E-state index in [-0.39, 0.29) is 0 Å². The van der Waals surface area contributed by atoms with Crippen molar-refractivity contribution >= 4 is 5.52 Å². The van der Waals surface area contributed by atoms with E-state index in [1.54, 1.807) is 13.3 Å². The van der Waals surface area contributed by atoms with Crippen molar-refractivity contribution in [3.05, 3.63) is 73.1 Å². The lowest BCUT2D eigenvalue weighted by molar-refractivity contribution is 0.416. The van der Waals surface area contributed by atoms with Gasteiger partial charge in [-0.15, -0.1) is 0 Å². The summed E-state index contributed by atoms with van der Waals surface area (Å²) in [5.74, 6) is 1.65. The molecule has 0 saturated heterocycles. The van der Waals surface area contributed by atoms with Gasteiger partial charge in [-0.25, -0.2) is 4.98 Å². The Bertz CT molecular complexity index is 961. The maximum Gasteiger partial charge on any atom is 0.149 e. The summed E-state index contributed by atoms with van der Waals surface area (Å²) in [6, 6.07) is 19.8. The van der Waals surface area contributed by atoms with E-state index in [2.05, 4.69) is 15.5 Å². The smallest absolute Gasteiger partial charge is 0.149 e. The number of hydrogen-bond donors (Lipinski definition) is 0. The molecule has 0 fully saturated rings. The topological polar surface area (TPSA) is 39.4 Å². The second-order valence-corrected chi connectivity index (χ2v) is 5.16. The summed E-state index contributed by atoms with van der Waals surface area (Å²) >= 11 is 0. The number of pyridine rings is 2. The van der Waals surface area contributed by atoms with Gasteiger partial charge < -0.3 is 4.74 Å². The normalized spacial score (nSPS) is 10.8. The van der Waals surface area contributed by atoms with Gasteiger partial charge in [0.1, 0.15) is 17.3 Å². The first-order valence-corrected chi connectivity index (χ1v) is 7.40. The van der Waals surface area contributed by atoms with Crippen LogP contribution in [0.3, 0.4) is 0 Å². The van der Waals surface area contributed by atoms with Gasteiger partial charge in [0.15, 0.2) is 0 Å². The first-order valence-electron chi connectivity index (χ1n) is 7.40. The number of hydrogen-bond acceptors (Lipinski definition) is 3.